The summed E-state index contributed by atoms with van der Waals surface area (Å²) < 4.78 is 0. The normalized spacial score (nSPS) is 13.2. The molecular formula is C18H19NO. The lowest BCUT2D eigenvalue weighted by atomic mass is 9.94. The number of hydrogen-bond acceptors (Lipinski definition) is 2. The molecule has 3 aromatic carbocycles. The molecule has 2 heteroatoms. The molecule has 0 bridgehead atoms. The molecule has 0 saturated carbocycles. The number of aliphatic hydroxyl groups excluding tert-OH is 1. The number of nitrogens with zero attached hydrogens (tertiary/aromatic N) is 1. The standard InChI is InChI=1S/C18H19NO/c1-19(2)12-18(20)17-11-13-7-3-4-8-14(13)15-9-5-6-10-16(15)17/h3-11,18,20H,12H2,1-2H3/t18-/m0/s1. The van der Waals surface area contributed by atoms with Gasteiger partial charge in [0.2, 0.25) is 0 Å². The van der Waals surface area contributed by atoms with E-state index in [1.54, 1.807) is 0 Å². The maximum atomic E-state index is 10.5. The highest BCUT2D eigenvalue weighted by Gasteiger charge is 2.14. The second-order valence-electron chi connectivity index (χ2n) is 5.51. The third kappa shape index (κ3) is 2.28. The summed E-state index contributed by atoms with van der Waals surface area (Å²) in [5.74, 6) is 0. The average molecular weight is 265 g/mol. The molecule has 20 heavy (non-hydrogen) atoms. The number of fused-ring (bicyclic) bond motifs is 3. The first-order valence-corrected chi connectivity index (χ1v) is 6.90. The molecule has 0 aliphatic carbocycles. The van der Waals surface area contributed by atoms with Crippen molar-refractivity contribution in [2.24, 2.45) is 0 Å². The van der Waals surface area contributed by atoms with Gasteiger partial charge in [-0.2, -0.15) is 0 Å². The van der Waals surface area contributed by atoms with Gasteiger partial charge in [0.05, 0.1) is 6.10 Å². The van der Waals surface area contributed by atoms with Gasteiger partial charge in [0.25, 0.3) is 0 Å². The van der Waals surface area contributed by atoms with Gasteiger partial charge in [-0.3, -0.25) is 0 Å². The first-order chi connectivity index (χ1) is 9.66. The zero-order chi connectivity index (χ0) is 14.1. The molecule has 0 radical (unpaired) electrons. The fourth-order valence-corrected chi connectivity index (χ4v) is 2.80. The number of likely N-dealkylation sites (N-methyl/N-ethyl adjacent to an activating group) is 1. The number of benzene rings is 3. The molecule has 0 amide bonds. The second kappa shape index (κ2) is 5.23. The van der Waals surface area contributed by atoms with Gasteiger partial charge in [0.1, 0.15) is 0 Å². The van der Waals surface area contributed by atoms with E-state index >= 15 is 0 Å². The van der Waals surface area contributed by atoms with Crippen LogP contribution in [0.15, 0.2) is 54.6 Å². The van der Waals surface area contributed by atoms with E-state index in [2.05, 4.69) is 42.5 Å². The van der Waals surface area contributed by atoms with Gasteiger partial charge in [-0.15, -0.1) is 0 Å². The summed E-state index contributed by atoms with van der Waals surface area (Å²) in [7, 11) is 3.96. The van der Waals surface area contributed by atoms with Gasteiger partial charge in [-0.25, -0.2) is 0 Å². The predicted octanol–water partition coefficient (Wildman–Crippen LogP) is 3.59. The minimum atomic E-state index is -0.473. The first-order valence-electron chi connectivity index (χ1n) is 6.90. The summed E-state index contributed by atoms with van der Waals surface area (Å²) in [5.41, 5.74) is 1.01. The summed E-state index contributed by atoms with van der Waals surface area (Å²) in [6.07, 6.45) is -0.473. The minimum Gasteiger partial charge on any atom is -0.387 e. The minimum absolute atomic E-state index is 0.473. The number of aliphatic hydroxyl groups is 1. The van der Waals surface area contributed by atoms with Crippen LogP contribution in [0.5, 0.6) is 0 Å². The van der Waals surface area contributed by atoms with Crippen LogP contribution in [0.1, 0.15) is 11.7 Å². The highest BCUT2D eigenvalue weighted by atomic mass is 16.3. The van der Waals surface area contributed by atoms with Crippen LogP contribution in [0.4, 0.5) is 0 Å². The van der Waals surface area contributed by atoms with E-state index in [-0.39, 0.29) is 0 Å². The molecule has 0 aromatic heterocycles. The molecule has 1 N–H and O–H groups in total. The summed E-state index contributed by atoms with van der Waals surface area (Å²) in [6.45, 7) is 0.627. The van der Waals surface area contributed by atoms with Gasteiger partial charge >= 0.3 is 0 Å². The van der Waals surface area contributed by atoms with Crippen LogP contribution in [-0.2, 0) is 0 Å². The van der Waals surface area contributed by atoms with Crippen LogP contribution in [0.3, 0.4) is 0 Å². The van der Waals surface area contributed by atoms with Crippen molar-refractivity contribution in [3.8, 4) is 0 Å². The molecule has 2 nitrogen and oxygen atoms in total. The van der Waals surface area contributed by atoms with Gasteiger partial charge in [-0.05, 0) is 47.3 Å². The van der Waals surface area contributed by atoms with E-state index in [0.717, 1.165) is 10.9 Å². The molecule has 0 unspecified atom stereocenters. The summed E-state index contributed by atoms with van der Waals surface area (Å²) >= 11 is 0. The van der Waals surface area contributed by atoms with Crippen molar-refractivity contribution in [3.05, 3.63) is 60.2 Å². The van der Waals surface area contributed by atoms with Crippen LogP contribution in [0, 0.1) is 0 Å². The van der Waals surface area contributed by atoms with Crippen molar-refractivity contribution in [1.82, 2.24) is 4.90 Å². The van der Waals surface area contributed by atoms with Gasteiger partial charge in [0.15, 0.2) is 0 Å². The fourth-order valence-electron chi connectivity index (χ4n) is 2.80. The topological polar surface area (TPSA) is 23.5 Å². The second-order valence-corrected chi connectivity index (χ2v) is 5.51. The molecule has 0 heterocycles. The Morgan fingerprint density at radius 1 is 0.900 bits per heavy atom. The lowest BCUT2D eigenvalue weighted by Crippen LogP contribution is -2.20. The zero-order valence-electron chi connectivity index (χ0n) is 11.9. The Kier molecular flexibility index (Phi) is 3.43. The first kappa shape index (κ1) is 13.1. The highest BCUT2D eigenvalue weighted by Crippen LogP contribution is 2.32. The molecule has 3 rings (SSSR count). The van der Waals surface area contributed by atoms with E-state index in [4.69, 9.17) is 0 Å². The monoisotopic (exact) mass is 265 g/mol. The third-order valence-corrected chi connectivity index (χ3v) is 3.70. The number of hydrogen-bond donors (Lipinski definition) is 1. The average Bonchev–Trinajstić information content (AvgIpc) is 2.45. The Morgan fingerprint density at radius 3 is 2.20 bits per heavy atom. The van der Waals surface area contributed by atoms with Crippen LogP contribution < -0.4 is 0 Å². The summed E-state index contributed by atoms with van der Waals surface area (Å²) in [6, 6.07) is 18.8. The van der Waals surface area contributed by atoms with Crippen LogP contribution in [-0.4, -0.2) is 30.6 Å². The lowest BCUT2D eigenvalue weighted by Gasteiger charge is -2.19. The van der Waals surface area contributed by atoms with Crippen LogP contribution in [0.2, 0.25) is 0 Å². The fraction of sp³-hybridized carbons (Fsp3) is 0.222. The molecule has 0 fully saturated rings. The van der Waals surface area contributed by atoms with E-state index in [9.17, 15) is 5.11 Å². The van der Waals surface area contributed by atoms with Crippen molar-refractivity contribution in [2.45, 2.75) is 6.10 Å². The van der Waals surface area contributed by atoms with E-state index in [1.807, 2.05) is 31.1 Å². The van der Waals surface area contributed by atoms with Crippen molar-refractivity contribution < 1.29 is 5.11 Å². The maximum absolute atomic E-state index is 10.5. The largest absolute Gasteiger partial charge is 0.387 e. The van der Waals surface area contributed by atoms with Gasteiger partial charge < -0.3 is 10.0 Å². The number of rotatable bonds is 3. The van der Waals surface area contributed by atoms with E-state index in [0.29, 0.717) is 6.54 Å². The Labute approximate surface area is 119 Å². The molecule has 0 aliphatic heterocycles. The molecule has 0 spiro atoms. The Morgan fingerprint density at radius 2 is 1.50 bits per heavy atom. The predicted molar refractivity (Wildman–Crippen MR) is 85.0 cm³/mol. The summed E-state index contributed by atoms with van der Waals surface area (Å²) in [5, 5.41) is 15.3. The Balaban J connectivity index is 2.29. The Hall–Kier alpha value is -1.90. The van der Waals surface area contributed by atoms with Gasteiger partial charge in [-0.1, -0.05) is 48.5 Å². The maximum Gasteiger partial charge on any atom is 0.0922 e. The highest BCUT2D eigenvalue weighted by molar-refractivity contribution is 6.09. The van der Waals surface area contributed by atoms with E-state index < -0.39 is 6.10 Å². The molecule has 0 saturated heterocycles. The van der Waals surface area contributed by atoms with Crippen LogP contribution >= 0.6 is 0 Å². The molecule has 1 atom stereocenters. The van der Waals surface area contributed by atoms with Crippen LogP contribution in [0.25, 0.3) is 21.5 Å². The Bertz CT molecular complexity index is 749. The molecule has 102 valence electrons. The van der Waals surface area contributed by atoms with Crippen molar-refractivity contribution in [2.75, 3.05) is 20.6 Å². The molecular weight excluding hydrogens is 246 g/mol. The molecule has 3 aromatic rings. The van der Waals surface area contributed by atoms with Crippen molar-refractivity contribution in [3.63, 3.8) is 0 Å². The SMILES string of the molecule is CN(C)C[C@H](O)c1cc2ccccc2c2ccccc12. The van der Waals surface area contributed by atoms with Gasteiger partial charge in [0, 0.05) is 6.54 Å². The quantitative estimate of drug-likeness (QED) is 0.732. The third-order valence-electron chi connectivity index (χ3n) is 3.70. The molecule has 0 aliphatic rings. The van der Waals surface area contributed by atoms with E-state index in [1.165, 1.54) is 16.2 Å². The van der Waals surface area contributed by atoms with Crippen molar-refractivity contribution in [1.29, 1.82) is 0 Å². The van der Waals surface area contributed by atoms with Crippen molar-refractivity contribution >= 4 is 21.5 Å². The zero-order valence-corrected chi connectivity index (χ0v) is 11.9. The lowest BCUT2D eigenvalue weighted by molar-refractivity contribution is 0.140. The summed E-state index contributed by atoms with van der Waals surface area (Å²) in [4.78, 5) is 2.01. The smallest absolute Gasteiger partial charge is 0.0922 e.